The summed E-state index contributed by atoms with van der Waals surface area (Å²) in [5.41, 5.74) is 3.76. The summed E-state index contributed by atoms with van der Waals surface area (Å²) in [6, 6.07) is 18.8. The Bertz CT molecular complexity index is 838. The van der Waals surface area contributed by atoms with Gasteiger partial charge >= 0.3 is 0 Å². The summed E-state index contributed by atoms with van der Waals surface area (Å²) in [5.74, 6) is 1.35. The second-order valence-corrected chi connectivity index (χ2v) is 7.21. The van der Waals surface area contributed by atoms with Crippen LogP contribution in [-0.2, 0) is 13.1 Å². The van der Waals surface area contributed by atoms with Gasteiger partial charge in [0, 0.05) is 11.1 Å². The molecule has 1 aliphatic rings. The van der Waals surface area contributed by atoms with Gasteiger partial charge < -0.3 is 14.2 Å². The summed E-state index contributed by atoms with van der Waals surface area (Å²) < 4.78 is 5.86. The first-order valence-electron chi connectivity index (χ1n) is 9.37. The third-order valence-corrected chi connectivity index (χ3v) is 5.09. The Morgan fingerprint density at radius 2 is 1.58 bits per heavy atom. The maximum Gasteiger partial charge on any atom is 0.271 e. The van der Waals surface area contributed by atoms with Crippen LogP contribution < -0.4 is 9.80 Å². The summed E-state index contributed by atoms with van der Waals surface area (Å²) in [6.07, 6.45) is 0. The number of nitrogens with zero attached hydrogens (tertiary/aromatic N) is 2. The van der Waals surface area contributed by atoms with E-state index in [1.807, 2.05) is 30.3 Å². The molecule has 0 bridgehead atoms. The fraction of sp³-hybridized carbons (Fsp3) is 0.333. The average Bonchev–Trinajstić information content (AvgIpc) is 3.13. The number of piperazine rings is 1. The minimum atomic E-state index is 0.615. The molecule has 3 aromatic rings. The van der Waals surface area contributed by atoms with Crippen LogP contribution in [0.25, 0.3) is 11.5 Å². The van der Waals surface area contributed by atoms with Crippen LogP contribution in [0.1, 0.15) is 17.0 Å². The topological polar surface area (TPSA) is 47.8 Å². The molecule has 1 aromatic heterocycles. The molecule has 5 heteroatoms. The Kier molecular flexibility index (Phi) is 5.09. The molecular weight excluding hydrogens is 324 g/mol. The van der Waals surface area contributed by atoms with E-state index in [4.69, 9.17) is 4.42 Å². The fourth-order valence-electron chi connectivity index (χ4n) is 3.66. The normalized spacial score (nSPS) is 20.2. The molecule has 134 valence electrons. The van der Waals surface area contributed by atoms with E-state index in [1.54, 1.807) is 4.90 Å². The highest BCUT2D eigenvalue weighted by atomic mass is 16.4. The Balaban J connectivity index is 1.29. The van der Waals surface area contributed by atoms with Crippen molar-refractivity contribution in [3.8, 4) is 11.5 Å². The first-order chi connectivity index (χ1) is 12.8. The van der Waals surface area contributed by atoms with Crippen molar-refractivity contribution >= 4 is 0 Å². The highest BCUT2D eigenvalue weighted by molar-refractivity contribution is 5.51. The van der Waals surface area contributed by atoms with Gasteiger partial charge in [-0.15, -0.1) is 10.2 Å². The number of nitrogens with one attached hydrogen (secondary N) is 2. The highest BCUT2D eigenvalue weighted by Gasteiger charge is 2.25. The summed E-state index contributed by atoms with van der Waals surface area (Å²) in [5, 5.41) is 8.43. The molecule has 5 nitrogen and oxygen atoms in total. The van der Waals surface area contributed by atoms with Gasteiger partial charge in [-0.3, -0.25) is 0 Å². The zero-order chi connectivity index (χ0) is 17.8. The lowest BCUT2D eigenvalue weighted by atomic mass is 10.1. The van der Waals surface area contributed by atoms with Crippen LogP contribution >= 0.6 is 0 Å². The zero-order valence-electron chi connectivity index (χ0n) is 15.2. The molecule has 1 saturated heterocycles. The number of hydrogen-bond acceptors (Lipinski definition) is 3. The lowest BCUT2D eigenvalue weighted by Gasteiger charge is -2.29. The highest BCUT2D eigenvalue weighted by Crippen LogP contribution is 2.16. The summed E-state index contributed by atoms with van der Waals surface area (Å²) >= 11 is 0. The van der Waals surface area contributed by atoms with Crippen molar-refractivity contribution in [3.63, 3.8) is 0 Å². The molecule has 1 fully saturated rings. The van der Waals surface area contributed by atoms with Crippen molar-refractivity contribution in [3.05, 3.63) is 71.6 Å². The molecule has 0 saturated carbocycles. The fourth-order valence-corrected chi connectivity index (χ4v) is 3.66. The second-order valence-electron chi connectivity index (χ2n) is 7.21. The van der Waals surface area contributed by atoms with Crippen LogP contribution in [0.4, 0.5) is 0 Å². The number of hydrogen-bond donors (Lipinski definition) is 2. The third-order valence-electron chi connectivity index (χ3n) is 5.09. The predicted molar refractivity (Wildman–Crippen MR) is 99.7 cm³/mol. The lowest BCUT2D eigenvalue weighted by molar-refractivity contribution is -1.02. The van der Waals surface area contributed by atoms with Gasteiger partial charge in [0.15, 0.2) is 6.54 Å². The van der Waals surface area contributed by atoms with Gasteiger partial charge in [0.2, 0.25) is 5.89 Å². The molecule has 0 unspecified atom stereocenters. The molecule has 2 aromatic carbocycles. The van der Waals surface area contributed by atoms with Crippen molar-refractivity contribution in [2.45, 2.75) is 20.0 Å². The van der Waals surface area contributed by atoms with Crippen LogP contribution in [-0.4, -0.2) is 36.4 Å². The molecule has 0 atom stereocenters. The van der Waals surface area contributed by atoms with E-state index >= 15 is 0 Å². The Hall–Kier alpha value is -2.50. The maximum atomic E-state index is 5.86. The number of quaternary nitrogens is 2. The molecule has 0 aliphatic carbocycles. The SMILES string of the molecule is Cc1cccc(C[NH+]2CC[NH+](Cc3nnc(-c4ccccc4)o3)CC2)c1. The number of benzene rings is 2. The minimum Gasteiger partial charge on any atom is -0.415 e. The predicted octanol–water partition coefficient (Wildman–Crippen LogP) is 0.529. The van der Waals surface area contributed by atoms with E-state index in [1.165, 1.54) is 29.1 Å². The van der Waals surface area contributed by atoms with Gasteiger partial charge in [0.25, 0.3) is 5.89 Å². The van der Waals surface area contributed by atoms with Crippen molar-refractivity contribution < 1.29 is 14.2 Å². The van der Waals surface area contributed by atoms with Crippen molar-refractivity contribution in [1.82, 2.24) is 10.2 Å². The third kappa shape index (κ3) is 4.18. The molecule has 0 spiro atoms. The minimum absolute atomic E-state index is 0.615. The first kappa shape index (κ1) is 16.9. The Morgan fingerprint density at radius 1 is 0.846 bits per heavy atom. The van der Waals surface area contributed by atoms with Crippen LogP contribution in [0.3, 0.4) is 0 Å². The van der Waals surface area contributed by atoms with E-state index in [2.05, 4.69) is 41.4 Å². The van der Waals surface area contributed by atoms with E-state index in [0.29, 0.717) is 5.89 Å². The number of rotatable bonds is 5. The van der Waals surface area contributed by atoms with Crippen LogP contribution in [0, 0.1) is 6.92 Å². The summed E-state index contributed by atoms with van der Waals surface area (Å²) in [4.78, 5) is 3.19. The average molecular weight is 350 g/mol. The quantitative estimate of drug-likeness (QED) is 0.706. The van der Waals surface area contributed by atoms with Crippen LogP contribution in [0.2, 0.25) is 0 Å². The molecule has 1 aliphatic heterocycles. The van der Waals surface area contributed by atoms with Gasteiger partial charge in [-0.1, -0.05) is 48.0 Å². The second kappa shape index (κ2) is 7.81. The largest absolute Gasteiger partial charge is 0.415 e. The van der Waals surface area contributed by atoms with E-state index in [9.17, 15) is 0 Å². The molecular formula is C21H26N4O+2. The number of aromatic nitrogens is 2. The van der Waals surface area contributed by atoms with Gasteiger partial charge in [-0.05, 0) is 19.1 Å². The van der Waals surface area contributed by atoms with Crippen LogP contribution in [0.5, 0.6) is 0 Å². The van der Waals surface area contributed by atoms with Crippen molar-refractivity contribution in [1.29, 1.82) is 0 Å². The lowest BCUT2D eigenvalue weighted by Crippen LogP contribution is -3.27. The Labute approximate surface area is 154 Å². The Morgan fingerprint density at radius 3 is 2.31 bits per heavy atom. The molecule has 4 rings (SSSR count). The zero-order valence-corrected chi connectivity index (χ0v) is 15.2. The summed E-state index contributed by atoms with van der Waals surface area (Å²) in [7, 11) is 0. The maximum absolute atomic E-state index is 5.86. The first-order valence-corrected chi connectivity index (χ1v) is 9.37. The van der Waals surface area contributed by atoms with Gasteiger partial charge in [-0.25, -0.2) is 0 Å². The number of aryl methyl sites for hydroxylation is 1. The van der Waals surface area contributed by atoms with Gasteiger partial charge in [0.05, 0.1) is 0 Å². The molecule has 26 heavy (non-hydrogen) atoms. The molecule has 2 heterocycles. The molecule has 0 amide bonds. The van der Waals surface area contributed by atoms with Crippen molar-refractivity contribution in [2.24, 2.45) is 0 Å². The van der Waals surface area contributed by atoms with Crippen LogP contribution in [0.15, 0.2) is 59.0 Å². The molecule has 2 N–H and O–H groups in total. The van der Waals surface area contributed by atoms with Gasteiger partial charge in [-0.2, -0.15) is 0 Å². The standard InChI is InChI=1S/C21H24N4O/c1-17-6-5-7-18(14-17)15-24-10-12-25(13-11-24)16-20-22-23-21(26-20)19-8-3-2-4-9-19/h2-9,14H,10-13,15-16H2,1H3/p+2. The smallest absolute Gasteiger partial charge is 0.271 e. The van der Waals surface area contributed by atoms with E-state index < -0.39 is 0 Å². The van der Waals surface area contributed by atoms with E-state index in [-0.39, 0.29) is 0 Å². The molecule has 0 radical (unpaired) electrons. The monoisotopic (exact) mass is 350 g/mol. The van der Waals surface area contributed by atoms with E-state index in [0.717, 1.165) is 37.6 Å². The summed E-state index contributed by atoms with van der Waals surface area (Å²) in [6.45, 7) is 8.75. The van der Waals surface area contributed by atoms with Gasteiger partial charge in [0.1, 0.15) is 32.7 Å². The van der Waals surface area contributed by atoms with Crippen molar-refractivity contribution in [2.75, 3.05) is 26.2 Å².